The number of nitrogens with zero attached hydrogens (tertiary/aromatic N) is 3. The Hall–Kier alpha value is -2.97. The SMILES string of the molecule is CN(CC(=O)NC1CC1)C(=O)C1=NN(c2ccc(F)cc2)C(C(N)=O)C1. The zero-order valence-corrected chi connectivity index (χ0v) is 14.3. The van der Waals surface area contributed by atoms with Gasteiger partial charge in [0, 0.05) is 19.5 Å². The number of nitrogens with two attached hydrogens (primary N) is 1. The number of primary amides is 1. The van der Waals surface area contributed by atoms with Gasteiger partial charge in [0.1, 0.15) is 17.6 Å². The molecule has 0 radical (unpaired) electrons. The average Bonchev–Trinajstić information content (AvgIpc) is 3.28. The molecule has 1 unspecified atom stereocenters. The molecule has 1 aliphatic carbocycles. The van der Waals surface area contributed by atoms with Crippen molar-refractivity contribution in [3.8, 4) is 0 Å². The maximum atomic E-state index is 13.1. The fraction of sp³-hybridized carbons (Fsp3) is 0.412. The molecule has 1 heterocycles. The molecule has 9 heteroatoms. The molecule has 1 atom stereocenters. The Morgan fingerprint density at radius 3 is 2.54 bits per heavy atom. The van der Waals surface area contributed by atoms with Gasteiger partial charge < -0.3 is 16.0 Å². The van der Waals surface area contributed by atoms with Gasteiger partial charge in [0.2, 0.25) is 11.8 Å². The Labute approximate surface area is 149 Å². The number of halogens is 1. The first kappa shape index (κ1) is 17.8. The first-order valence-corrected chi connectivity index (χ1v) is 8.31. The molecule has 3 amide bonds. The van der Waals surface area contributed by atoms with Gasteiger partial charge >= 0.3 is 0 Å². The molecule has 1 aliphatic heterocycles. The van der Waals surface area contributed by atoms with Crippen molar-refractivity contribution in [2.24, 2.45) is 10.8 Å². The van der Waals surface area contributed by atoms with Crippen LogP contribution >= 0.6 is 0 Å². The molecule has 3 rings (SSSR count). The minimum absolute atomic E-state index is 0.0279. The van der Waals surface area contributed by atoms with Crippen LogP contribution in [-0.2, 0) is 14.4 Å². The highest BCUT2D eigenvalue weighted by atomic mass is 19.1. The molecular weight excluding hydrogens is 341 g/mol. The average molecular weight is 361 g/mol. The van der Waals surface area contributed by atoms with E-state index in [1.165, 1.54) is 41.2 Å². The molecule has 8 nitrogen and oxygen atoms in total. The monoisotopic (exact) mass is 361 g/mol. The van der Waals surface area contributed by atoms with Crippen molar-refractivity contribution in [3.63, 3.8) is 0 Å². The zero-order chi connectivity index (χ0) is 18.8. The number of carbonyl (C=O) groups is 3. The van der Waals surface area contributed by atoms with Crippen molar-refractivity contribution in [2.75, 3.05) is 18.6 Å². The Kier molecular flexibility index (Phi) is 4.88. The number of amides is 3. The highest BCUT2D eigenvalue weighted by molar-refractivity contribution is 6.40. The lowest BCUT2D eigenvalue weighted by Crippen LogP contribution is -2.42. The fourth-order valence-electron chi connectivity index (χ4n) is 2.70. The molecule has 3 N–H and O–H groups in total. The van der Waals surface area contributed by atoms with Gasteiger partial charge in [0.15, 0.2) is 0 Å². The van der Waals surface area contributed by atoms with Crippen LogP contribution in [0.2, 0.25) is 0 Å². The third-order valence-corrected chi connectivity index (χ3v) is 4.25. The first-order valence-electron chi connectivity index (χ1n) is 8.31. The molecule has 26 heavy (non-hydrogen) atoms. The summed E-state index contributed by atoms with van der Waals surface area (Å²) in [6.45, 7) is -0.0911. The Balaban J connectivity index is 1.72. The summed E-state index contributed by atoms with van der Waals surface area (Å²) in [7, 11) is 1.50. The molecule has 1 aromatic carbocycles. The van der Waals surface area contributed by atoms with E-state index in [2.05, 4.69) is 10.4 Å². The molecule has 0 aromatic heterocycles. The molecule has 0 spiro atoms. The van der Waals surface area contributed by atoms with Gasteiger partial charge in [-0.25, -0.2) is 4.39 Å². The topological polar surface area (TPSA) is 108 Å². The van der Waals surface area contributed by atoms with Crippen molar-refractivity contribution in [1.29, 1.82) is 0 Å². The van der Waals surface area contributed by atoms with E-state index < -0.39 is 23.7 Å². The van der Waals surface area contributed by atoms with E-state index >= 15 is 0 Å². The van der Waals surface area contributed by atoms with Crippen LogP contribution in [0.5, 0.6) is 0 Å². The van der Waals surface area contributed by atoms with Gasteiger partial charge in [-0.2, -0.15) is 5.10 Å². The lowest BCUT2D eigenvalue weighted by Gasteiger charge is -2.20. The lowest BCUT2D eigenvalue weighted by atomic mass is 10.1. The summed E-state index contributed by atoms with van der Waals surface area (Å²) < 4.78 is 13.1. The predicted molar refractivity (Wildman–Crippen MR) is 92.7 cm³/mol. The summed E-state index contributed by atoms with van der Waals surface area (Å²) in [5, 5.41) is 8.31. The van der Waals surface area contributed by atoms with E-state index in [0.717, 1.165) is 12.8 Å². The Morgan fingerprint density at radius 1 is 1.31 bits per heavy atom. The molecule has 1 fully saturated rings. The van der Waals surface area contributed by atoms with Crippen LogP contribution in [0.3, 0.4) is 0 Å². The summed E-state index contributed by atoms with van der Waals surface area (Å²) >= 11 is 0. The normalized spacial score (nSPS) is 19.1. The van der Waals surface area contributed by atoms with Crippen molar-refractivity contribution in [3.05, 3.63) is 30.1 Å². The third-order valence-electron chi connectivity index (χ3n) is 4.25. The minimum Gasteiger partial charge on any atom is -0.368 e. The fourth-order valence-corrected chi connectivity index (χ4v) is 2.70. The molecule has 138 valence electrons. The molecular formula is C17H20FN5O3. The van der Waals surface area contributed by atoms with Crippen LogP contribution < -0.4 is 16.1 Å². The zero-order valence-electron chi connectivity index (χ0n) is 14.3. The molecule has 2 aliphatic rings. The summed E-state index contributed by atoms with van der Waals surface area (Å²) in [6, 6.07) is 4.74. The second-order valence-electron chi connectivity index (χ2n) is 6.49. The van der Waals surface area contributed by atoms with E-state index in [-0.39, 0.29) is 30.6 Å². The van der Waals surface area contributed by atoms with Crippen molar-refractivity contribution >= 4 is 29.1 Å². The van der Waals surface area contributed by atoms with Crippen LogP contribution in [0.1, 0.15) is 19.3 Å². The number of hydrazone groups is 1. The molecule has 0 bridgehead atoms. The quantitative estimate of drug-likeness (QED) is 0.742. The van der Waals surface area contributed by atoms with E-state index in [4.69, 9.17) is 5.73 Å². The van der Waals surface area contributed by atoms with Crippen molar-refractivity contribution in [2.45, 2.75) is 31.3 Å². The second kappa shape index (κ2) is 7.11. The number of hydrogen-bond acceptors (Lipinski definition) is 5. The van der Waals surface area contributed by atoms with Crippen LogP contribution in [0, 0.1) is 5.82 Å². The van der Waals surface area contributed by atoms with E-state index in [0.29, 0.717) is 5.69 Å². The summed E-state index contributed by atoms with van der Waals surface area (Å²) in [6.07, 6.45) is 1.95. The van der Waals surface area contributed by atoms with Crippen LogP contribution in [-0.4, -0.2) is 54.0 Å². The standard InChI is InChI=1S/C17H20FN5O3/c1-22(9-15(24)20-11-4-5-11)17(26)13-8-14(16(19)25)23(21-13)12-6-2-10(18)3-7-12/h2-3,6-7,11,14H,4-5,8-9H2,1H3,(H2,19,25)(H,20,24). The smallest absolute Gasteiger partial charge is 0.270 e. The van der Waals surface area contributed by atoms with Crippen molar-refractivity contribution < 1.29 is 18.8 Å². The lowest BCUT2D eigenvalue weighted by molar-refractivity contribution is -0.130. The van der Waals surface area contributed by atoms with Gasteiger partial charge in [-0.05, 0) is 37.1 Å². The third kappa shape index (κ3) is 3.98. The number of rotatable bonds is 6. The number of benzene rings is 1. The van der Waals surface area contributed by atoms with E-state index in [1.54, 1.807) is 0 Å². The predicted octanol–water partition coefficient (Wildman–Crippen LogP) is -0.0173. The summed E-state index contributed by atoms with van der Waals surface area (Å²) in [5.41, 5.74) is 6.00. The second-order valence-corrected chi connectivity index (χ2v) is 6.49. The van der Waals surface area contributed by atoms with Crippen LogP contribution in [0.25, 0.3) is 0 Å². The number of hydrogen-bond donors (Lipinski definition) is 2. The maximum Gasteiger partial charge on any atom is 0.270 e. The first-order chi connectivity index (χ1) is 12.3. The number of carbonyl (C=O) groups excluding carboxylic acids is 3. The van der Waals surface area contributed by atoms with Crippen LogP contribution in [0.4, 0.5) is 10.1 Å². The number of anilines is 1. The number of nitrogens with one attached hydrogen (secondary N) is 1. The Morgan fingerprint density at radius 2 is 1.96 bits per heavy atom. The molecule has 1 saturated carbocycles. The summed E-state index contributed by atoms with van der Waals surface area (Å²) in [4.78, 5) is 37.4. The maximum absolute atomic E-state index is 13.1. The van der Waals surface area contributed by atoms with E-state index in [1.807, 2.05) is 0 Å². The largest absolute Gasteiger partial charge is 0.368 e. The van der Waals surface area contributed by atoms with Crippen molar-refractivity contribution in [1.82, 2.24) is 10.2 Å². The van der Waals surface area contributed by atoms with Gasteiger partial charge in [-0.3, -0.25) is 19.4 Å². The summed E-state index contributed by atoms with van der Waals surface area (Å²) in [5.74, 6) is -1.75. The van der Waals surface area contributed by atoms with Gasteiger partial charge in [-0.15, -0.1) is 0 Å². The molecule has 0 saturated heterocycles. The highest BCUT2D eigenvalue weighted by Crippen LogP contribution is 2.25. The van der Waals surface area contributed by atoms with Gasteiger partial charge in [0.25, 0.3) is 5.91 Å². The highest BCUT2D eigenvalue weighted by Gasteiger charge is 2.36. The minimum atomic E-state index is -0.840. The Bertz CT molecular complexity index is 760. The van der Waals surface area contributed by atoms with E-state index in [9.17, 15) is 18.8 Å². The van der Waals surface area contributed by atoms with Gasteiger partial charge in [-0.1, -0.05) is 0 Å². The van der Waals surface area contributed by atoms with Crippen LogP contribution in [0.15, 0.2) is 29.4 Å². The number of likely N-dealkylation sites (N-methyl/N-ethyl adjacent to an activating group) is 1. The molecule has 1 aromatic rings. The van der Waals surface area contributed by atoms with Gasteiger partial charge in [0.05, 0.1) is 12.2 Å².